The van der Waals surface area contributed by atoms with Crippen LogP contribution in [0.4, 0.5) is 11.4 Å². The number of methoxy groups -OCH3 is 1. The van der Waals surface area contributed by atoms with Gasteiger partial charge in [0, 0.05) is 61.0 Å². The van der Waals surface area contributed by atoms with E-state index in [1.807, 2.05) is 31.2 Å². The number of hydrogen-bond acceptors (Lipinski definition) is 13. The summed E-state index contributed by atoms with van der Waals surface area (Å²) in [6, 6.07) is 6.85. The van der Waals surface area contributed by atoms with Gasteiger partial charge in [-0.1, -0.05) is 44.0 Å². The number of carboxylic acid groups (broad SMARTS) is 1. The molecule has 7 amide bonds. The molecule has 24 heteroatoms. The summed E-state index contributed by atoms with van der Waals surface area (Å²) in [6.45, 7) is 1.63. The SMILES string of the molecule is CCCC[C@H](NC(=O)[C@H](CC/C=C/C(=O)OC)NC(=O)c1cc([N+](=O)[O-])ccc1C(=O)O)C(=O)N1CCC[C@H]1C(=O)Nc1cccn(CC(=O)N[C@@H](Cc2c[nH]c3ccccc23)C(=O)N2CCC[C@H]2C(N)=O)c1=O. The first kappa shape index (κ1) is 54.6. The van der Waals surface area contributed by atoms with Crippen molar-refractivity contribution >= 4 is 75.6 Å². The number of nitrogens with two attached hydrogens (primary N) is 1. The second-order valence-electron chi connectivity index (χ2n) is 17.8. The average molecular weight is 1020 g/mol. The Balaban J connectivity index is 1.16. The number of ether oxygens (including phenoxy) is 1. The Kier molecular flexibility index (Phi) is 18.5. The molecule has 2 aromatic heterocycles. The van der Waals surface area contributed by atoms with Crippen LogP contribution in [0.2, 0.25) is 0 Å². The summed E-state index contributed by atoms with van der Waals surface area (Å²) >= 11 is 0. The Labute approximate surface area is 423 Å². The predicted octanol–water partition coefficient (Wildman–Crippen LogP) is 2.05. The molecule has 24 nitrogen and oxygen atoms in total. The number of pyridine rings is 1. The van der Waals surface area contributed by atoms with Gasteiger partial charge in [-0.25, -0.2) is 9.59 Å². The monoisotopic (exact) mass is 1020 g/mol. The number of nitrogens with zero attached hydrogens (tertiary/aromatic N) is 4. The van der Waals surface area contributed by atoms with Crippen molar-refractivity contribution in [1.29, 1.82) is 0 Å². The van der Waals surface area contributed by atoms with Gasteiger partial charge < -0.3 is 56.2 Å². The molecular formula is C50H58N10O14. The minimum absolute atomic E-state index is 0.00841. The molecule has 74 heavy (non-hydrogen) atoms. The van der Waals surface area contributed by atoms with Gasteiger partial charge in [0.15, 0.2) is 0 Å². The topological polar surface area (TPSA) is 345 Å². The molecule has 0 radical (unpaired) electrons. The summed E-state index contributed by atoms with van der Waals surface area (Å²) in [5.41, 5.74) is 4.38. The number of non-ortho nitro benzene ring substituents is 1. The number of H-pyrrole nitrogens is 1. The van der Waals surface area contributed by atoms with Crippen molar-refractivity contribution in [3.8, 4) is 0 Å². The van der Waals surface area contributed by atoms with Crippen LogP contribution in [0, 0.1) is 10.1 Å². The smallest absolute Gasteiger partial charge is 0.336 e. The Morgan fingerprint density at radius 3 is 2.28 bits per heavy atom. The molecule has 0 spiro atoms. The van der Waals surface area contributed by atoms with E-state index in [9.17, 15) is 63.2 Å². The van der Waals surface area contributed by atoms with E-state index in [-0.39, 0.29) is 50.9 Å². The van der Waals surface area contributed by atoms with Crippen LogP contribution in [0.15, 0.2) is 83.9 Å². The van der Waals surface area contributed by atoms with Gasteiger partial charge in [-0.2, -0.15) is 0 Å². The van der Waals surface area contributed by atoms with E-state index in [0.29, 0.717) is 32.1 Å². The Morgan fingerprint density at radius 1 is 0.892 bits per heavy atom. The highest BCUT2D eigenvalue weighted by Crippen LogP contribution is 2.25. The number of para-hydroxylation sites is 1. The van der Waals surface area contributed by atoms with Crippen LogP contribution in [-0.2, 0) is 51.3 Å². The van der Waals surface area contributed by atoms with Crippen molar-refractivity contribution in [3.05, 3.63) is 116 Å². The zero-order valence-electron chi connectivity index (χ0n) is 40.7. The first-order chi connectivity index (χ1) is 35.4. The normalized spacial score (nSPS) is 16.5. The van der Waals surface area contributed by atoms with Crippen molar-refractivity contribution in [3.63, 3.8) is 0 Å². The van der Waals surface area contributed by atoms with Crippen molar-refractivity contribution in [2.45, 2.75) is 108 Å². The number of carboxylic acids is 1. The third-order valence-corrected chi connectivity index (χ3v) is 12.9. The van der Waals surface area contributed by atoms with E-state index in [1.165, 1.54) is 34.2 Å². The molecule has 0 saturated carbocycles. The number of amides is 7. The highest BCUT2D eigenvalue weighted by molar-refractivity contribution is 6.07. The number of esters is 1. The summed E-state index contributed by atoms with van der Waals surface area (Å²) in [4.78, 5) is 150. The third kappa shape index (κ3) is 13.4. The summed E-state index contributed by atoms with van der Waals surface area (Å²) in [7, 11) is 1.15. The lowest BCUT2D eigenvalue weighted by Crippen LogP contribution is -2.56. The van der Waals surface area contributed by atoms with Crippen LogP contribution in [0.1, 0.15) is 91.0 Å². The third-order valence-electron chi connectivity index (χ3n) is 12.9. The molecule has 2 saturated heterocycles. The number of carbonyl (C=O) groups excluding carboxylic acids is 8. The molecule has 4 heterocycles. The van der Waals surface area contributed by atoms with E-state index >= 15 is 0 Å². The average Bonchev–Trinajstić information content (AvgIpc) is 4.18. The maximum atomic E-state index is 14.4. The van der Waals surface area contributed by atoms with E-state index in [1.54, 1.807) is 6.20 Å². The molecule has 2 aliphatic heterocycles. The van der Waals surface area contributed by atoms with E-state index in [4.69, 9.17) is 5.73 Å². The van der Waals surface area contributed by atoms with Crippen LogP contribution in [0.25, 0.3) is 10.9 Å². The van der Waals surface area contributed by atoms with Crippen LogP contribution in [-0.4, -0.2) is 133 Å². The number of nitro benzene ring substituents is 1. The number of aromatic nitrogens is 2. The molecule has 4 aromatic rings. The molecule has 0 bridgehead atoms. The van der Waals surface area contributed by atoms with E-state index < -0.39 is 117 Å². The highest BCUT2D eigenvalue weighted by atomic mass is 16.6. The number of unbranched alkanes of at least 4 members (excludes halogenated alkanes) is 1. The van der Waals surface area contributed by atoms with Gasteiger partial charge in [-0.15, -0.1) is 0 Å². The summed E-state index contributed by atoms with van der Waals surface area (Å²) in [5, 5.41) is 32.5. The second kappa shape index (κ2) is 25.1. The fourth-order valence-corrected chi connectivity index (χ4v) is 9.09. The fraction of sp³-hybridized carbons (Fsp3) is 0.400. The summed E-state index contributed by atoms with van der Waals surface area (Å²) < 4.78 is 5.63. The first-order valence-electron chi connectivity index (χ1n) is 24.0. The number of aromatic carboxylic acids is 1. The minimum atomic E-state index is -1.57. The van der Waals surface area contributed by atoms with Crippen molar-refractivity contribution in [2.75, 3.05) is 25.5 Å². The Morgan fingerprint density at radius 2 is 1.59 bits per heavy atom. The molecule has 2 aliphatic rings. The molecule has 2 fully saturated rings. The lowest BCUT2D eigenvalue weighted by Gasteiger charge is -2.30. The molecule has 6 rings (SSSR count). The number of allylic oxidation sites excluding steroid dienone is 1. The number of anilines is 1. The van der Waals surface area contributed by atoms with Crippen molar-refractivity contribution < 1.29 is 57.9 Å². The van der Waals surface area contributed by atoms with Gasteiger partial charge in [0.05, 0.1) is 23.2 Å². The molecule has 0 unspecified atom stereocenters. The number of aromatic amines is 1. The Bertz CT molecular complexity index is 2910. The number of benzene rings is 2. The van der Waals surface area contributed by atoms with Gasteiger partial charge in [-0.05, 0) is 74.8 Å². The number of likely N-dealkylation sites (tertiary alicyclic amines) is 2. The number of carbonyl (C=O) groups is 9. The number of rotatable bonds is 23. The zero-order chi connectivity index (χ0) is 53.6. The molecule has 392 valence electrons. The standard InChI is InChI=1S/C50H58N10O14/c1-3-4-13-37(55-45(65)35(15-7-8-19-42(62)74-2)54-44(64)33-26-30(60(72)73)20-21-32(33)50(70)71)48(68)59-24-11-18-40(59)46(66)56-36-16-9-22-57(47(36)67)28-41(61)53-38(49(69)58-23-10-17-39(58)43(51)63)25-29-27-52-34-14-6-5-12-31(29)34/h5-6,8-9,12,14,16,19-22,26-27,35,37-40,52H,3-4,7,10-11,13,15,17-18,23-25,28H2,1-2H3,(H2,51,63)(H,53,61)(H,54,64)(H,55,65)(H,56,66)(H,70,71)/b19-8+/t35-,37-,38-,39-,40-/m0/s1. The van der Waals surface area contributed by atoms with Gasteiger partial charge in [0.25, 0.3) is 17.2 Å². The van der Waals surface area contributed by atoms with Gasteiger partial charge >= 0.3 is 11.9 Å². The lowest BCUT2D eigenvalue weighted by atomic mass is 10.0. The summed E-state index contributed by atoms with van der Waals surface area (Å²) in [6.07, 6.45) is 7.91. The van der Waals surface area contributed by atoms with Gasteiger partial charge in [-0.3, -0.25) is 48.5 Å². The second-order valence-corrected chi connectivity index (χ2v) is 17.8. The largest absolute Gasteiger partial charge is 0.478 e. The minimum Gasteiger partial charge on any atom is -0.478 e. The Hall–Kier alpha value is -8.70. The van der Waals surface area contributed by atoms with Gasteiger partial charge in [0.2, 0.25) is 35.4 Å². The summed E-state index contributed by atoms with van der Waals surface area (Å²) in [5.74, 6) is -7.60. The molecule has 8 N–H and O–H groups in total. The molecular weight excluding hydrogens is 965 g/mol. The molecule has 2 aromatic carbocycles. The van der Waals surface area contributed by atoms with Crippen molar-refractivity contribution in [2.24, 2.45) is 5.73 Å². The van der Waals surface area contributed by atoms with Crippen molar-refractivity contribution in [1.82, 2.24) is 35.3 Å². The number of nitrogens with one attached hydrogen (secondary N) is 5. The number of nitro groups is 1. The number of hydrogen-bond donors (Lipinski definition) is 7. The zero-order valence-corrected chi connectivity index (χ0v) is 40.7. The fourth-order valence-electron chi connectivity index (χ4n) is 9.09. The predicted molar refractivity (Wildman–Crippen MR) is 265 cm³/mol. The molecule has 0 aliphatic carbocycles. The van der Waals surface area contributed by atoms with Crippen LogP contribution in [0.5, 0.6) is 0 Å². The number of primary amides is 1. The maximum Gasteiger partial charge on any atom is 0.336 e. The van der Waals surface area contributed by atoms with Crippen LogP contribution in [0.3, 0.4) is 0 Å². The van der Waals surface area contributed by atoms with E-state index in [2.05, 4.69) is 31.0 Å². The van der Waals surface area contributed by atoms with Crippen LogP contribution >= 0.6 is 0 Å². The van der Waals surface area contributed by atoms with Gasteiger partial charge in [0.1, 0.15) is 42.4 Å². The van der Waals surface area contributed by atoms with Crippen LogP contribution < -0.4 is 32.6 Å². The quantitative estimate of drug-likeness (QED) is 0.0242. The number of fused-ring (bicyclic) bond motifs is 1. The maximum absolute atomic E-state index is 14.4. The first-order valence-corrected chi connectivity index (χ1v) is 24.0. The molecule has 5 atom stereocenters. The van der Waals surface area contributed by atoms with E-state index in [0.717, 1.165) is 52.4 Å². The lowest BCUT2D eigenvalue weighted by molar-refractivity contribution is -0.384. The highest BCUT2D eigenvalue weighted by Gasteiger charge is 2.40.